The molecule has 3 nitrogen and oxygen atoms in total. The van der Waals surface area contributed by atoms with E-state index in [0.717, 1.165) is 19.3 Å². The second kappa shape index (κ2) is 9.92. The molecule has 0 spiro atoms. The maximum absolute atomic E-state index is 11.3. The molecule has 2 atom stereocenters. The standard InChI is InChI=1S/C20H34O3/c1-5-6-7-9-16(2)10-8-11-17(3)12-13-18(21)20(4)15-14-19(22)23-20/h9,11,18,21H,5-8,10,12-15H2,1-4H3/b16-9+,17-11+/t18-,20+/m0/s1. The molecule has 1 heterocycles. The largest absolute Gasteiger partial charge is 0.457 e. The maximum atomic E-state index is 11.3. The predicted molar refractivity (Wildman–Crippen MR) is 95.2 cm³/mol. The highest BCUT2D eigenvalue weighted by molar-refractivity contribution is 5.72. The summed E-state index contributed by atoms with van der Waals surface area (Å²) in [5.41, 5.74) is 2.09. The molecule has 1 saturated heterocycles. The second-order valence-corrected chi connectivity index (χ2v) is 7.12. The van der Waals surface area contributed by atoms with Gasteiger partial charge in [-0.2, -0.15) is 0 Å². The van der Waals surface area contributed by atoms with Gasteiger partial charge in [-0.3, -0.25) is 4.79 Å². The third-order valence-corrected chi connectivity index (χ3v) is 4.77. The van der Waals surface area contributed by atoms with Crippen molar-refractivity contribution >= 4 is 5.97 Å². The van der Waals surface area contributed by atoms with Crippen LogP contribution in [0.5, 0.6) is 0 Å². The van der Waals surface area contributed by atoms with E-state index in [2.05, 4.69) is 32.9 Å². The summed E-state index contributed by atoms with van der Waals surface area (Å²) in [6.45, 7) is 8.38. The lowest BCUT2D eigenvalue weighted by Crippen LogP contribution is -2.39. The van der Waals surface area contributed by atoms with Crippen LogP contribution in [0.15, 0.2) is 23.3 Å². The van der Waals surface area contributed by atoms with Gasteiger partial charge in [-0.25, -0.2) is 0 Å². The zero-order valence-corrected chi connectivity index (χ0v) is 15.4. The first-order chi connectivity index (χ1) is 10.9. The Labute approximate surface area is 141 Å². The number of rotatable bonds is 10. The summed E-state index contributed by atoms with van der Waals surface area (Å²) in [5, 5.41) is 10.3. The molecule has 1 aliphatic heterocycles. The summed E-state index contributed by atoms with van der Waals surface area (Å²) in [5.74, 6) is -0.191. The summed E-state index contributed by atoms with van der Waals surface area (Å²) in [4.78, 5) is 11.3. The van der Waals surface area contributed by atoms with E-state index in [1.165, 1.54) is 30.4 Å². The predicted octanol–water partition coefficient (Wildman–Crippen LogP) is 5.09. The number of ether oxygens (including phenoxy) is 1. The summed E-state index contributed by atoms with van der Waals surface area (Å²) in [6.07, 6.45) is 12.5. The highest BCUT2D eigenvalue weighted by atomic mass is 16.6. The normalized spacial score (nSPS) is 24.0. The van der Waals surface area contributed by atoms with Gasteiger partial charge >= 0.3 is 5.97 Å². The van der Waals surface area contributed by atoms with E-state index in [4.69, 9.17) is 4.74 Å². The molecule has 0 amide bonds. The van der Waals surface area contributed by atoms with Crippen molar-refractivity contribution < 1.29 is 14.6 Å². The van der Waals surface area contributed by atoms with Crippen LogP contribution in [0.2, 0.25) is 0 Å². The van der Waals surface area contributed by atoms with Gasteiger partial charge in [-0.15, -0.1) is 0 Å². The molecule has 1 N–H and O–H groups in total. The van der Waals surface area contributed by atoms with Gasteiger partial charge in [-0.1, -0.05) is 43.1 Å². The molecular weight excluding hydrogens is 288 g/mol. The Bertz CT molecular complexity index is 436. The number of carbonyl (C=O) groups excluding carboxylic acids is 1. The van der Waals surface area contributed by atoms with Crippen molar-refractivity contribution in [3.8, 4) is 0 Å². The summed E-state index contributed by atoms with van der Waals surface area (Å²) in [7, 11) is 0. The second-order valence-electron chi connectivity index (χ2n) is 7.12. The Morgan fingerprint density at radius 2 is 1.91 bits per heavy atom. The van der Waals surface area contributed by atoms with E-state index in [1.807, 2.05) is 6.92 Å². The zero-order valence-electron chi connectivity index (χ0n) is 15.4. The molecule has 0 unspecified atom stereocenters. The molecule has 0 saturated carbocycles. The molecule has 1 rings (SSSR count). The number of unbranched alkanes of at least 4 members (excludes halogenated alkanes) is 2. The summed E-state index contributed by atoms with van der Waals surface area (Å²) >= 11 is 0. The van der Waals surface area contributed by atoms with Crippen LogP contribution in [0.4, 0.5) is 0 Å². The number of hydrogen-bond donors (Lipinski definition) is 1. The molecule has 0 aromatic rings. The van der Waals surface area contributed by atoms with E-state index in [1.54, 1.807) is 0 Å². The zero-order chi connectivity index (χ0) is 17.3. The fourth-order valence-corrected chi connectivity index (χ4v) is 2.92. The third kappa shape index (κ3) is 7.34. The number of aliphatic hydroxyl groups excluding tert-OH is 1. The Morgan fingerprint density at radius 3 is 2.52 bits per heavy atom. The van der Waals surface area contributed by atoms with Crippen LogP contribution in [0, 0.1) is 0 Å². The van der Waals surface area contributed by atoms with E-state index in [-0.39, 0.29) is 5.97 Å². The summed E-state index contributed by atoms with van der Waals surface area (Å²) < 4.78 is 5.29. The van der Waals surface area contributed by atoms with E-state index >= 15 is 0 Å². The van der Waals surface area contributed by atoms with Gasteiger partial charge in [0.15, 0.2) is 0 Å². The molecule has 0 aromatic heterocycles. The first-order valence-corrected chi connectivity index (χ1v) is 9.08. The Hall–Kier alpha value is -1.09. The molecular formula is C20H34O3. The van der Waals surface area contributed by atoms with Crippen LogP contribution in [0.3, 0.4) is 0 Å². The first-order valence-electron chi connectivity index (χ1n) is 9.08. The van der Waals surface area contributed by atoms with Gasteiger partial charge in [0.25, 0.3) is 0 Å². The Kier molecular flexibility index (Phi) is 8.60. The fourth-order valence-electron chi connectivity index (χ4n) is 2.92. The van der Waals surface area contributed by atoms with Gasteiger partial charge < -0.3 is 9.84 Å². The van der Waals surface area contributed by atoms with Crippen molar-refractivity contribution in [1.82, 2.24) is 0 Å². The van der Waals surface area contributed by atoms with Crippen molar-refractivity contribution in [1.29, 1.82) is 0 Å². The van der Waals surface area contributed by atoms with Gasteiger partial charge in [0.1, 0.15) is 5.60 Å². The Balaban J connectivity index is 2.28. The topological polar surface area (TPSA) is 46.5 Å². The lowest BCUT2D eigenvalue weighted by molar-refractivity contribution is -0.156. The average molecular weight is 322 g/mol. The number of allylic oxidation sites excluding steroid dienone is 4. The number of cyclic esters (lactones) is 1. The molecule has 1 aliphatic rings. The molecule has 132 valence electrons. The molecule has 1 fully saturated rings. The van der Waals surface area contributed by atoms with Crippen LogP contribution >= 0.6 is 0 Å². The molecule has 0 radical (unpaired) electrons. The fraction of sp³-hybridized carbons (Fsp3) is 0.750. The lowest BCUT2D eigenvalue weighted by Gasteiger charge is -2.28. The first kappa shape index (κ1) is 20.0. The van der Waals surface area contributed by atoms with Crippen molar-refractivity contribution in [2.45, 2.75) is 97.2 Å². The smallest absolute Gasteiger partial charge is 0.306 e. The maximum Gasteiger partial charge on any atom is 0.306 e. The Morgan fingerprint density at radius 1 is 1.26 bits per heavy atom. The number of esters is 1. The number of aliphatic hydroxyl groups is 1. The monoisotopic (exact) mass is 322 g/mol. The van der Waals surface area contributed by atoms with Crippen LogP contribution in [0.1, 0.15) is 85.5 Å². The van der Waals surface area contributed by atoms with E-state index < -0.39 is 11.7 Å². The minimum atomic E-state index is -0.685. The van der Waals surface area contributed by atoms with Crippen LogP contribution in [-0.4, -0.2) is 22.8 Å². The third-order valence-electron chi connectivity index (χ3n) is 4.77. The van der Waals surface area contributed by atoms with Crippen molar-refractivity contribution in [3.05, 3.63) is 23.3 Å². The highest BCUT2D eigenvalue weighted by Crippen LogP contribution is 2.32. The van der Waals surface area contributed by atoms with Gasteiger partial charge in [-0.05, 0) is 59.3 Å². The minimum absolute atomic E-state index is 0.191. The molecule has 0 aliphatic carbocycles. The number of carbonyl (C=O) groups is 1. The van der Waals surface area contributed by atoms with Crippen molar-refractivity contribution in [2.75, 3.05) is 0 Å². The van der Waals surface area contributed by atoms with Crippen molar-refractivity contribution in [2.24, 2.45) is 0 Å². The van der Waals surface area contributed by atoms with Crippen LogP contribution in [0.25, 0.3) is 0 Å². The molecule has 3 heteroatoms. The SMILES string of the molecule is CCCC/C=C(\C)CC/C=C(\C)CC[C@H](O)[C@@]1(C)CCC(=O)O1. The highest BCUT2D eigenvalue weighted by Gasteiger charge is 2.41. The molecule has 23 heavy (non-hydrogen) atoms. The minimum Gasteiger partial charge on any atom is -0.457 e. The summed E-state index contributed by atoms with van der Waals surface area (Å²) in [6, 6.07) is 0. The van der Waals surface area contributed by atoms with Crippen LogP contribution < -0.4 is 0 Å². The van der Waals surface area contributed by atoms with Gasteiger partial charge in [0.05, 0.1) is 6.10 Å². The number of hydrogen-bond acceptors (Lipinski definition) is 3. The average Bonchev–Trinajstić information content (AvgIpc) is 2.85. The molecule has 0 aromatic carbocycles. The van der Waals surface area contributed by atoms with Gasteiger partial charge in [0.2, 0.25) is 0 Å². The van der Waals surface area contributed by atoms with Crippen molar-refractivity contribution in [3.63, 3.8) is 0 Å². The molecule has 0 bridgehead atoms. The van der Waals surface area contributed by atoms with E-state index in [9.17, 15) is 9.90 Å². The lowest BCUT2D eigenvalue weighted by atomic mass is 9.91. The van der Waals surface area contributed by atoms with Crippen LogP contribution in [-0.2, 0) is 9.53 Å². The quantitative estimate of drug-likeness (QED) is 0.346. The van der Waals surface area contributed by atoms with E-state index in [0.29, 0.717) is 19.3 Å². The van der Waals surface area contributed by atoms with Gasteiger partial charge in [0, 0.05) is 6.42 Å².